The van der Waals surface area contributed by atoms with Gasteiger partial charge in [0.2, 0.25) is 5.91 Å². The highest BCUT2D eigenvalue weighted by atomic mass is 32.1. The first-order valence-corrected chi connectivity index (χ1v) is 10.4. The molecule has 1 heterocycles. The lowest BCUT2D eigenvalue weighted by Crippen LogP contribution is -2.42. The number of hydrogen-bond acceptors (Lipinski definition) is 5. The fourth-order valence-electron chi connectivity index (χ4n) is 2.69. The molecule has 2 rings (SSSR count). The van der Waals surface area contributed by atoms with E-state index < -0.39 is 18.5 Å². The Labute approximate surface area is 175 Å². The van der Waals surface area contributed by atoms with Crippen molar-refractivity contribution in [2.45, 2.75) is 20.8 Å². The molecule has 0 saturated heterocycles. The van der Waals surface area contributed by atoms with Crippen LogP contribution < -0.4 is 5.32 Å². The summed E-state index contributed by atoms with van der Waals surface area (Å²) in [6.07, 6.45) is 1.76. The standard InChI is InChI=1S/C22H26N2O4S/c1-4-23-20(25)14-24(5-2)21(26)15-28-22(27)18(19-10-7-11-29-19)13-17-9-6-8-16(3)12-17/h6-13H,4-5,14-15H2,1-3H3,(H,23,25)/b18-13+. The second-order valence-corrected chi connectivity index (χ2v) is 7.33. The summed E-state index contributed by atoms with van der Waals surface area (Å²) in [5.41, 5.74) is 2.35. The minimum Gasteiger partial charge on any atom is -0.452 e. The number of esters is 1. The molecule has 0 aliphatic carbocycles. The number of hydrogen-bond donors (Lipinski definition) is 1. The molecular weight excluding hydrogens is 388 g/mol. The Kier molecular flexibility index (Phi) is 8.61. The maximum atomic E-state index is 12.7. The first kappa shape index (κ1) is 22.4. The Hall–Kier alpha value is -2.93. The van der Waals surface area contributed by atoms with Gasteiger partial charge in [-0.3, -0.25) is 9.59 Å². The third-order valence-corrected chi connectivity index (χ3v) is 5.03. The Morgan fingerprint density at radius 3 is 2.59 bits per heavy atom. The summed E-state index contributed by atoms with van der Waals surface area (Å²) in [4.78, 5) is 39.0. The van der Waals surface area contributed by atoms with Gasteiger partial charge in [0.1, 0.15) is 0 Å². The van der Waals surface area contributed by atoms with E-state index in [1.807, 2.05) is 55.6 Å². The predicted octanol–water partition coefficient (Wildman–Crippen LogP) is 3.12. The van der Waals surface area contributed by atoms with Crippen molar-refractivity contribution < 1.29 is 19.1 Å². The Bertz CT molecular complexity index is 875. The van der Waals surface area contributed by atoms with Crippen molar-refractivity contribution in [2.24, 2.45) is 0 Å². The van der Waals surface area contributed by atoms with Gasteiger partial charge in [-0.15, -0.1) is 11.3 Å². The van der Waals surface area contributed by atoms with Gasteiger partial charge in [0.25, 0.3) is 5.91 Å². The molecule has 0 fully saturated rings. The molecule has 0 radical (unpaired) electrons. The molecule has 6 nitrogen and oxygen atoms in total. The van der Waals surface area contributed by atoms with Gasteiger partial charge >= 0.3 is 5.97 Å². The van der Waals surface area contributed by atoms with E-state index >= 15 is 0 Å². The van der Waals surface area contributed by atoms with Crippen LogP contribution in [0.25, 0.3) is 11.6 Å². The van der Waals surface area contributed by atoms with Gasteiger partial charge in [0, 0.05) is 18.0 Å². The number of carbonyl (C=O) groups excluding carboxylic acids is 3. The third-order valence-electron chi connectivity index (χ3n) is 4.13. The lowest BCUT2D eigenvalue weighted by Gasteiger charge is -2.20. The summed E-state index contributed by atoms with van der Waals surface area (Å²) in [5.74, 6) is -1.22. The molecule has 154 valence electrons. The van der Waals surface area contributed by atoms with Gasteiger partial charge in [-0.25, -0.2) is 4.79 Å². The van der Waals surface area contributed by atoms with E-state index in [4.69, 9.17) is 4.74 Å². The van der Waals surface area contributed by atoms with Crippen LogP contribution >= 0.6 is 11.3 Å². The van der Waals surface area contributed by atoms with Crippen molar-refractivity contribution >= 4 is 40.8 Å². The van der Waals surface area contributed by atoms with E-state index in [-0.39, 0.29) is 12.5 Å². The molecule has 0 bridgehead atoms. The lowest BCUT2D eigenvalue weighted by atomic mass is 10.1. The SMILES string of the molecule is CCNC(=O)CN(CC)C(=O)COC(=O)/C(=C/c1cccc(C)c1)c1cccs1. The zero-order valence-corrected chi connectivity index (χ0v) is 17.8. The number of benzene rings is 1. The number of amides is 2. The minimum absolute atomic E-state index is 0.0579. The molecule has 1 N–H and O–H groups in total. The summed E-state index contributed by atoms with van der Waals surface area (Å²) in [6, 6.07) is 11.5. The van der Waals surface area contributed by atoms with Crippen LogP contribution in [0.15, 0.2) is 41.8 Å². The number of carbonyl (C=O) groups is 3. The molecule has 0 unspecified atom stereocenters. The predicted molar refractivity (Wildman–Crippen MR) is 115 cm³/mol. The highest BCUT2D eigenvalue weighted by molar-refractivity contribution is 7.11. The van der Waals surface area contributed by atoms with Crippen LogP contribution in [0.3, 0.4) is 0 Å². The fourth-order valence-corrected chi connectivity index (χ4v) is 3.42. The summed E-state index contributed by atoms with van der Waals surface area (Å²) >= 11 is 1.42. The molecule has 2 amide bonds. The largest absolute Gasteiger partial charge is 0.452 e. The molecule has 0 atom stereocenters. The van der Waals surface area contributed by atoms with E-state index in [2.05, 4.69) is 5.32 Å². The van der Waals surface area contributed by atoms with Crippen LogP contribution in [0.1, 0.15) is 29.9 Å². The monoisotopic (exact) mass is 414 g/mol. The van der Waals surface area contributed by atoms with Crippen LogP contribution in [-0.2, 0) is 19.1 Å². The molecule has 29 heavy (non-hydrogen) atoms. The molecule has 2 aromatic rings. The third kappa shape index (κ3) is 6.87. The van der Waals surface area contributed by atoms with Crippen LogP contribution in [0.2, 0.25) is 0 Å². The van der Waals surface area contributed by atoms with Crippen LogP contribution in [0.5, 0.6) is 0 Å². The quantitative estimate of drug-likeness (QED) is 0.505. The highest BCUT2D eigenvalue weighted by Crippen LogP contribution is 2.24. The summed E-state index contributed by atoms with van der Waals surface area (Å²) in [7, 11) is 0. The molecule has 0 spiro atoms. The number of thiophene rings is 1. The van der Waals surface area contributed by atoms with Crippen molar-refractivity contribution in [3.8, 4) is 0 Å². The van der Waals surface area contributed by atoms with E-state index in [1.165, 1.54) is 16.2 Å². The van der Waals surface area contributed by atoms with Gasteiger partial charge in [0.15, 0.2) is 6.61 Å². The topological polar surface area (TPSA) is 75.7 Å². The van der Waals surface area contributed by atoms with Gasteiger partial charge in [-0.2, -0.15) is 0 Å². The molecule has 0 saturated carbocycles. The number of nitrogens with one attached hydrogen (secondary N) is 1. The van der Waals surface area contributed by atoms with Crippen molar-refractivity contribution in [3.63, 3.8) is 0 Å². The average molecular weight is 415 g/mol. The van der Waals surface area contributed by atoms with E-state index in [0.717, 1.165) is 16.0 Å². The minimum atomic E-state index is -0.573. The van der Waals surface area contributed by atoms with Crippen molar-refractivity contribution in [3.05, 3.63) is 57.8 Å². The summed E-state index contributed by atoms with van der Waals surface area (Å²) in [6.45, 7) is 5.93. The number of ether oxygens (including phenoxy) is 1. The molecule has 0 aliphatic rings. The Balaban J connectivity index is 2.10. The Morgan fingerprint density at radius 2 is 1.97 bits per heavy atom. The second-order valence-electron chi connectivity index (χ2n) is 6.39. The van der Waals surface area contributed by atoms with E-state index in [9.17, 15) is 14.4 Å². The van der Waals surface area contributed by atoms with Crippen LogP contribution in [0, 0.1) is 6.92 Å². The van der Waals surface area contributed by atoms with Crippen molar-refractivity contribution in [2.75, 3.05) is 26.2 Å². The fraction of sp³-hybridized carbons (Fsp3) is 0.318. The van der Waals surface area contributed by atoms with Crippen LogP contribution in [0.4, 0.5) is 0 Å². The number of nitrogens with zero attached hydrogens (tertiary/aromatic N) is 1. The second kappa shape index (κ2) is 11.2. The van der Waals surface area contributed by atoms with Crippen molar-refractivity contribution in [1.29, 1.82) is 0 Å². The first-order chi connectivity index (χ1) is 13.9. The lowest BCUT2D eigenvalue weighted by molar-refractivity contribution is -0.148. The summed E-state index contributed by atoms with van der Waals surface area (Å²) < 4.78 is 5.29. The molecule has 1 aromatic heterocycles. The van der Waals surface area contributed by atoms with Crippen LogP contribution in [-0.4, -0.2) is 48.9 Å². The number of aryl methyl sites for hydroxylation is 1. The normalized spacial score (nSPS) is 11.1. The average Bonchev–Trinajstić information content (AvgIpc) is 3.23. The smallest absolute Gasteiger partial charge is 0.340 e. The molecule has 1 aromatic carbocycles. The van der Waals surface area contributed by atoms with E-state index in [0.29, 0.717) is 18.7 Å². The number of likely N-dealkylation sites (N-methyl/N-ethyl adjacent to an activating group) is 2. The van der Waals surface area contributed by atoms with Gasteiger partial charge in [-0.1, -0.05) is 35.9 Å². The van der Waals surface area contributed by atoms with Gasteiger partial charge in [-0.05, 0) is 43.9 Å². The maximum Gasteiger partial charge on any atom is 0.340 e. The zero-order valence-electron chi connectivity index (χ0n) is 16.9. The Morgan fingerprint density at radius 1 is 1.17 bits per heavy atom. The highest BCUT2D eigenvalue weighted by Gasteiger charge is 2.20. The molecule has 7 heteroatoms. The number of rotatable bonds is 9. The molecule has 0 aliphatic heterocycles. The molecular formula is C22H26N2O4S. The van der Waals surface area contributed by atoms with E-state index in [1.54, 1.807) is 13.0 Å². The summed E-state index contributed by atoms with van der Waals surface area (Å²) in [5, 5.41) is 4.53. The van der Waals surface area contributed by atoms with Gasteiger partial charge in [0.05, 0.1) is 12.1 Å². The van der Waals surface area contributed by atoms with Crippen molar-refractivity contribution in [1.82, 2.24) is 10.2 Å². The maximum absolute atomic E-state index is 12.7. The zero-order chi connectivity index (χ0) is 21.2. The van der Waals surface area contributed by atoms with Gasteiger partial charge < -0.3 is 15.0 Å². The first-order valence-electron chi connectivity index (χ1n) is 9.48.